The van der Waals surface area contributed by atoms with E-state index in [4.69, 9.17) is 4.74 Å². The molecule has 0 spiro atoms. The fourth-order valence-corrected chi connectivity index (χ4v) is 2.40. The minimum atomic E-state index is 0.233. The van der Waals surface area contributed by atoms with Crippen LogP contribution in [0.15, 0.2) is 24.3 Å². The molecule has 1 heterocycles. The first kappa shape index (κ1) is 13.2. The van der Waals surface area contributed by atoms with Gasteiger partial charge >= 0.3 is 0 Å². The molecule has 1 aromatic rings. The van der Waals surface area contributed by atoms with Gasteiger partial charge in [0.1, 0.15) is 5.75 Å². The summed E-state index contributed by atoms with van der Waals surface area (Å²) in [5.41, 5.74) is 1.25. The molecule has 18 heavy (non-hydrogen) atoms. The van der Waals surface area contributed by atoms with E-state index in [-0.39, 0.29) is 6.10 Å². The zero-order valence-corrected chi connectivity index (χ0v) is 11.6. The summed E-state index contributed by atoms with van der Waals surface area (Å²) in [4.78, 5) is 2.31. The Bertz CT molecular complexity index is 355. The Morgan fingerprint density at radius 3 is 2.61 bits per heavy atom. The third-order valence-electron chi connectivity index (χ3n) is 3.31. The number of nitrogens with one attached hydrogen (secondary N) is 1. The van der Waals surface area contributed by atoms with Gasteiger partial charge in [-0.3, -0.25) is 0 Å². The summed E-state index contributed by atoms with van der Waals surface area (Å²) >= 11 is 0. The molecule has 3 nitrogen and oxygen atoms in total. The van der Waals surface area contributed by atoms with E-state index >= 15 is 0 Å². The molecule has 0 aromatic heterocycles. The number of anilines is 1. The van der Waals surface area contributed by atoms with Crippen LogP contribution in [0.4, 0.5) is 5.69 Å². The summed E-state index contributed by atoms with van der Waals surface area (Å²) in [6, 6.07) is 9.00. The van der Waals surface area contributed by atoms with Crippen LogP contribution in [-0.2, 0) is 0 Å². The normalized spacial score (nSPS) is 19.2. The molecule has 0 saturated carbocycles. The van der Waals surface area contributed by atoms with Crippen molar-refractivity contribution < 1.29 is 4.74 Å². The molecule has 1 fully saturated rings. The smallest absolute Gasteiger partial charge is 0.119 e. The average molecular weight is 248 g/mol. The Balaban J connectivity index is 1.91. The highest BCUT2D eigenvalue weighted by molar-refractivity contribution is 5.48. The van der Waals surface area contributed by atoms with Gasteiger partial charge in [0.2, 0.25) is 0 Å². The minimum Gasteiger partial charge on any atom is -0.491 e. The average Bonchev–Trinajstić information content (AvgIpc) is 2.82. The van der Waals surface area contributed by atoms with Gasteiger partial charge < -0.3 is 15.0 Å². The van der Waals surface area contributed by atoms with Gasteiger partial charge in [-0.1, -0.05) is 0 Å². The number of likely N-dealkylation sites (N-methyl/N-ethyl adjacent to an activating group) is 1. The predicted molar refractivity (Wildman–Crippen MR) is 76.5 cm³/mol. The van der Waals surface area contributed by atoms with Gasteiger partial charge in [0, 0.05) is 25.3 Å². The maximum Gasteiger partial charge on any atom is 0.119 e. The number of ether oxygens (including phenoxy) is 1. The summed E-state index contributed by atoms with van der Waals surface area (Å²) in [6.45, 7) is 6.33. The third-order valence-corrected chi connectivity index (χ3v) is 3.31. The molecule has 3 heteroatoms. The van der Waals surface area contributed by atoms with Crippen LogP contribution in [0.25, 0.3) is 0 Å². The van der Waals surface area contributed by atoms with Crippen LogP contribution in [0.1, 0.15) is 26.7 Å². The van der Waals surface area contributed by atoms with Gasteiger partial charge in [-0.25, -0.2) is 0 Å². The topological polar surface area (TPSA) is 24.5 Å². The Morgan fingerprint density at radius 2 is 2.06 bits per heavy atom. The van der Waals surface area contributed by atoms with Gasteiger partial charge in [0.05, 0.1) is 6.10 Å². The van der Waals surface area contributed by atoms with Crippen LogP contribution in [0, 0.1) is 0 Å². The summed E-state index contributed by atoms with van der Waals surface area (Å²) in [5.74, 6) is 0.946. The van der Waals surface area contributed by atoms with Gasteiger partial charge in [-0.2, -0.15) is 0 Å². The van der Waals surface area contributed by atoms with Crippen molar-refractivity contribution in [3.63, 3.8) is 0 Å². The monoisotopic (exact) mass is 248 g/mol. The van der Waals surface area contributed by atoms with Crippen molar-refractivity contribution in [1.82, 2.24) is 5.32 Å². The molecule has 1 N–H and O–H groups in total. The van der Waals surface area contributed by atoms with Crippen LogP contribution >= 0.6 is 0 Å². The highest BCUT2D eigenvalue weighted by atomic mass is 16.5. The Labute approximate surface area is 110 Å². The standard InChI is InChI=1S/C15H24N2O/c1-12(2)18-15-8-6-14(7-9-15)17(3)11-13-5-4-10-16-13/h6-9,12-13,16H,4-5,10-11H2,1-3H3. The van der Waals surface area contributed by atoms with Gasteiger partial charge in [-0.15, -0.1) is 0 Å². The Hall–Kier alpha value is -1.22. The lowest BCUT2D eigenvalue weighted by Gasteiger charge is -2.23. The molecule has 1 saturated heterocycles. The van der Waals surface area contributed by atoms with E-state index in [1.807, 2.05) is 26.0 Å². The van der Waals surface area contributed by atoms with E-state index in [2.05, 4.69) is 29.4 Å². The molecule has 1 aliphatic heterocycles. The fourth-order valence-electron chi connectivity index (χ4n) is 2.40. The third kappa shape index (κ3) is 3.64. The van der Waals surface area contributed by atoms with Crippen molar-refractivity contribution in [2.45, 2.75) is 38.8 Å². The van der Waals surface area contributed by atoms with Gasteiger partial charge in [-0.05, 0) is 57.5 Å². The SMILES string of the molecule is CC(C)Oc1ccc(N(C)CC2CCCN2)cc1. The van der Waals surface area contributed by atoms with E-state index in [0.29, 0.717) is 6.04 Å². The molecular weight excluding hydrogens is 224 g/mol. The van der Waals surface area contributed by atoms with Crippen molar-refractivity contribution in [2.24, 2.45) is 0 Å². The summed E-state index contributed by atoms with van der Waals surface area (Å²) in [6.07, 6.45) is 2.83. The first-order valence-electron chi connectivity index (χ1n) is 6.86. The molecule has 100 valence electrons. The van der Waals surface area contributed by atoms with Crippen molar-refractivity contribution in [2.75, 3.05) is 25.0 Å². The quantitative estimate of drug-likeness (QED) is 0.867. The summed E-state index contributed by atoms with van der Waals surface area (Å²) in [5, 5.41) is 3.53. The first-order chi connectivity index (χ1) is 8.65. The minimum absolute atomic E-state index is 0.233. The number of rotatable bonds is 5. The highest BCUT2D eigenvalue weighted by Crippen LogP contribution is 2.20. The van der Waals surface area contributed by atoms with Crippen LogP contribution in [0.2, 0.25) is 0 Å². The molecule has 0 amide bonds. The van der Waals surface area contributed by atoms with Crippen LogP contribution in [-0.4, -0.2) is 32.3 Å². The van der Waals surface area contributed by atoms with Crippen LogP contribution < -0.4 is 15.0 Å². The van der Waals surface area contributed by atoms with Crippen LogP contribution in [0.3, 0.4) is 0 Å². The van der Waals surface area contributed by atoms with Crippen molar-refractivity contribution in [1.29, 1.82) is 0 Å². The van der Waals surface area contributed by atoms with E-state index < -0.39 is 0 Å². The molecule has 1 aromatic carbocycles. The Morgan fingerprint density at radius 1 is 1.33 bits per heavy atom. The number of nitrogens with zero attached hydrogens (tertiary/aromatic N) is 1. The van der Waals surface area contributed by atoms with Crippen molar-refractivity contribution in [3.8, 4) is 5.75 Å². The second-order valence-electron chi connectivity index (χ2n) is 5.33. The maximum atomic E-state index is 5.65. The summed E-state index contributed by atoms with van der Waals surface area (Å²) in [7, 11) is 2.15. The number of hydrogen-bond acceptors (Lipinski definition) is 3. The van der Waals surface area contributed by atoms with E-state index in [9.17, 15) is 0 Å². The lowest BCUT2D eigenvalue weighted by molar-refractivity contribution is 0.242. The molecular formula is C15H24N2O. The van der Waals surface area contributed by atoms with Crippen molar-refractivity contribution in [3.05, 3.63) is 24.3 Å². The molecule has 2 rings (SSSR count). The van der Waals surface area contributed by atoms with Crippen LogP contribution in [0.5, 0.6) is 5.75 Å². The molecule has 1 aliphatic rings. The maximum absolute atomic E-state index is 5.65. The largest absolute Gasteiger partial charge is 0.491 e. The van der Waals surface area contributed by atoms with Gasteiger partial charge in [0.25, 0.3) is 0 Å². The lowest BCUT2D eigenvalue weighted by atomic mass is 10.2. The fraction of sp³-hybridized carbons (Fsp3) is 0.600. The molecule has 1 atom stereocenters. The predicted octanol–water partition coefficient (Wildman–Crippen LogP) is 2.66. The highest BCUT2D eigenvalue weighted by Gasteiger charge is 2.16. The number of benzene rings is 1. The summed E-state index contributed by atoms with van der Waals surface area (Å²) < 4.78 is 5.65. The zero-order valence-electron chi connectivity index (χ0n) is 11.6. The van der Waals surface area contributed by atoms with Gasteiger partial charge in [0.15, 0.2) is 0 Å². The lowest BCUT2D eigenvalue weighted by Crippen LogP contribution is -2.35. The molecule has 1 unspecified atom stereocenters. The number of hydrogen-bond donors (Lipinski definition) is 1. The van der Waals surface area contributed by atoms with E-state index in [0.717, 1.165) is 12.3 Å². The zero-order chi connectivity index (χ0) is 13.0. The first-order valence-corrected chi connectivity index (χ1v) is 6.86. The van der Waals surface area contributed by atoms with E-state index in [1.165, 1.54) is 25.1 Å². The second kappa shape index (κ2) is 6.10. The molecule has 0 bridgehead atoms. The molecule has 0 aliphatic carbocycles. The van der Waals surface area contributed by atoms with Crippen molar-refractivity contribution >= 4 is 5.69 Å². The molecule has 0 radical (unpaired) electrons. The Kier molecular flexibility index (Phi) is 4.48. The second-order valence-corrected chi connectivity index (χ2v) is 5.33. The van der Waals surface area contributed by atoms with E-state index in [1.54, 1.807) is 0 Å².